The molecule has 190 valence electrons. The Morgan fingerprint density at radius 1 is 0.417 bits per heavy atom. The van der Waals surface area contributed by atoms with Crippen LogP contribution in [0.2, 0.25) is 0 Å². The lowest BCUT2D eigenvalue weighted by molar-refractivity contribution is 0.342. The van der Waals surface area contributed by atoms with Crippen LogP contribution in [0.5, 0.6) is 0 Å². The van der Waals surface area contributed by atoms with Gasteiger partial charge in [0.25, 0.3) is 0 Å². The number of allylic oxidation sites excluding steroid dienone is 9. The molecular weight excluding hydrogens is 440 g/mol. The topological polar surface area (TPSA) is 40.5 Å². The molecule has 0 aromatic carbocycles. The van der Waals surface area contributed by atoms with E-state index in [9.17, 15) is 0 Å². The molecule has 0 aliphatic rings. The van der Waals surface area contributed by atoms with E-state index in [1.54, 1.807) is 6.08 Å². The summed E-state index contributed by atoms with van der Waals surface area (Å²) in [7, 11) is 0. The molecule has 0 aliphatic carbocycles. The third-order valence-electron chi connectivity index (χ3n) is 3.85. The van der Waals surface area contributed by atoms with Crippen LogP contribution in [0.25, 0.3) is 0 Å². The van der Waals surface area contributed by atoms with Gasteiger partial charge in [-0.1, -0.05) is 128 Å². The Kier molecular flexibility index (Phi) is 34.6. The summed E-state index contributed by atoms with van der Waals surface area (Å²) < 4.78 is 0. The molecule has 36 heavy (non-hydrogen) atoms. The molecule has 0 heterocycles. The lowest BCUT2D eigenvalue weighted by atomic mass is 10.2. The predicted molar refractivity (Wildman–Crippen MR) is 156 cm³/mol. The first-order chi connectivity index (χ1) is 17.8. The minimum absolute atomic E-state index is 0.108. The first kappa shape index (κ1) is 34.6. The van der Waals surface area contributed by atoms with E-state index in [1.807, 2.05) is 13.0 Å². The van der Waals surface area contributed by atoms with Crippen molar-refractivity contribution >= 4 is 0 Å². The zero-order valence-electron chi connectivity index (χ0n) is 22.2. The highest BCUT2D eigenvalue weighted by atomic mass is 16.3. The number of aliphatic hydroxyl groups is 2. The van der Waals surface area contributed by atoms with E-state index in [-0.39, 0.29) is 13.2 Å². The van der Waals surface area contributed by atoms with E-state index < -0.39 is 0 Å². The van der Waals surface area contributed by atoms with E-state index >= 15 is 0 Å². The van der Waals surface area contributed by atoms with Gasteiger partial charge in [0.1, 0.15) is 6.61 Å². The van der Waals surface area contributed by atoms with Gasteiger partial charge in [-0.05, 0) is 32.1 Å². The van der Waals surface area contributed by atoms with E-state index in [0.717, 1.165) is 38.5 Å². The molecule has 0 aliphatic heterocycles. The van der Waals surface area contributed by atoms with Gasteiger partial charge in [-0.15, -0.1) is 5.92 Å². The van der Waals surface area contributed by atoms with Crippen molar-refractivity contribution in [2.45, 2.75) is 78.1 Å². The van der Waals surface area contributed by atoms with Crippen LogP contribution >= 0.6 is 0 Å². The zero-order chi connectivity index (χ0) is 26.6. The van der Waals surface area contributed by atoms with Gasteiger partial charge in [-0.2, -0.15) is 0 Å². The Balaban J connectivity index is 0. The highest BCUT2D eigenvalue weighted by Crippen LogP contribution is 1.95. The van der Waals surface area contributed by atoms with Crippen molar-refractivity contribution in [3.05, 3.63) is 60.8 Å². The maximum Gasteiger partial charge on any atom is 0.104 e. The molecule has 0 spiro atoms. The van der Waals surface area contributed by atoms with Gasteiger partial charge >= 0.3 is 0 Å². The van der Waals surface area contributed by atoms with Crippen LogP contribution in [-0.4, -0.2) is 23.4 Å². The van der Waals surface area contributed by atoms with Crippen LogP contribution in [0.1, 0.15) is 78.1 Å². The number of hydrogen-bond acceptors (Lipinski definition) is 2. The van der Waals surface area contributed by atoms with Crippen LogP contribution < -0.4 is 0 Å². The van der Waals surface area contributed by atoms with Gasteiger partial charge in [-0.3, -0.25) is 0 Å². The minimum Gasteiger partial charge on any atom is -0.392 e. The molecule has 2 heteroatoms. The molecule has 0 amide bonds. The summed E-state index contributed by atoms with van der Waals surface area (Å²) in [5.41, 5.74) is 0. The second-order valence-corrected chi connectivity index (χ2v) is 6.88. The van der Waals surface area contributed by atoms with E-state index in [0.29, 0.717) is 25.7 Å². The summed E-state index contributed by atoms with van der Waals surface area (Å²) in [4.78, 5) is 0. The molecule has 2 nitrogen and oxygen atoms in total. The fraction of sp³-hybridized carbons (Fsp3) is 0.412. The molecule has 0 aromatic rings. The zero-order valence-corrected chi connectivity index (χ0v) is 22.2. The van der Waals surface area contributed by atoms with E-state index in [1.165, 1.54) is 0 Å². The van der Waals surface area contributed by atoms with Crippen molar-refractivity contribution in [1.82, 2.24) is 0 Å². The molecule has 0 bridgehead atoms. The van der Waals surface area contributed by atoms with Crippen molar-refractivity contribution in [3.8, 4) is 59.2 Å². The molecule has 2 N–H and O–H groups in total. The summed E-state index contributed by atoms with van der Waals surface area (Å²) in [6.45, 7) is 4.19. The fourth-order valence-corrected chi connectivity index (χ4v) is 2.18. The van der Waals surface area contributed by atoms with Crippen molar-refractivity contribution in [3.63, 3.8) is 0 Å². The van der Waals surface area contributed by atoms with Gasteiger partial charge in [0.05, 0.1) is 32.3 Å². The Hall–Kier alpha value is -3.58. The quantitative estimate of drug-likeness (QED) is 0.269. The van der Waals surface area contributed by atoms with Crippen LogP contribution in [0, 0.1) is 59.2 Å². The molecule has 0 unspecified atom stereocenters. The third kappa shape index (κ3) is 37.7. The first-order valence-electron chi connectivity index (χ1n) is 12.6. The molecular formula is C34H42O2. The van der Waals surface area contributed by atoms with Gasteiger partial charge < -0.3 is 10.2 Å². The van der Waals surface area contributed by atoms with E-state index in [2.05, 4.69) is 115 Å². The number of aliphatic hydroxyl groups excluding tert-OH is 2. The highest BCUT2D eigenvalue weighted by molar-refractivity contribution is 5.19. The summed E-state index contributed by atoms with van der Waals surface area (Å²) >= 11 is 0. The summed E-state index contributed by atoms with van der Waals surface area (Å²) in [5.74, 6) is 28.6. The van der Waals surface area contributed by atoms with Gasteiger partial charge in [0.2, 0.25) is 0 Å². The molecule has 0 fully saturated rings. The molecule has 0 saturated carbocycles. The average molecular weight is 483 g/mol. The van der Waals surface area contributed by atoms with Gasteiger partial charge in [0.15, 0.2) is 0 Å². The molecule has 0 aromatic heterocycles. The van der Waals surface area contributed by atoms with Crippen LogP contribution in [-0.2, 0) is 0 Å². The normalized spacial score (nSPS) is 9.89. The molecule has 0 atom stereocenters. The van der Waals surface area contributed by atoms with Crippen LogP contribution in [0.3, 0.4) is 0 Å². The Labute approximate surface area is 221 Å². The van der Waals surface area contributed by atoms with Gasteiger partial charge in [-0.25, -0.2) is 0 Å². The monoisotopic (exact) mass is 482 g/mol. The molecule has 0 radical (unpaired) electrons. The Morgan fingerprint density at radius 2 is 0.750 bits per heavy atom. The van der Waals surface area contributed by atoms with Gasteiger partial charge in [0, 0.05) is 6.42 Å². The lowest BCUT2D eigenvalue weighted by Crippen LogP contribution is -1.70. The number of rotatable bonds is 10. The molecule has 0 rings (SSSR count). The van der Waals surface area contributed by atoms with Crippen molar-refractivity contribution in [1.29, 1.82) is 0 Å². The third-order valence-corrected chi connectivity index (χ3v) is 3.85. The smallest absolute Gasteiger partial charge is 0.104 e. The largest absolute Gasteiger partial charge is 0.392 e. The Morgan fingerprint density at radius 3 is 1.08 bits per heavy atom. The van der Waals surface area contributed by atoms with Crippen molar-refractivity contribution in [2.24, 2.45) is 0 Å². The summed E-state index contributed by atoms with van der Waals surface area (Å²) in [6.07, 6.45) is 29.3. The number of hydrogen-bond donors (Lipinski definition) is 2. The van der Waals surface area contributed by atoms with E-state index in [4.69, 9.17) is 10.2 Å². The maximum absolute atomic E-state index is 8.52. The standard InChI is InChI=1S/C17H26O.C17H16O/c2*1-2-3-4-5-6-7-8-9-10-11-12-13-14-15-16-17-18/h3-4,6-7,9-10,12-13,15-16,18H,2,5,8,11,14,17H2,1H3;18H,2,5,8,11,14,17H2,1H3/b4-3-,7-6-,10-9-,13-12-,16-15-;. The molecule has 0 saturated heterocycles. The summed E-state index contributed by atoms with van der Waals surface area (Å²) in [6, 6.07) is 0. The van der Waals surface area contributed by atoms with Crippen LogP contribution in [0.4, 0.5) is 0 Å². The van der Waals surface area contributed by atoms with Crippen molar-refractivity contribution < 1.29 is 10.2 Å². The minimum atomic E-state index is -0.108. The fourth-order valence-electron chi connectivity index (χ4n) is 2.18. The Bertz CT molecular complexity index is 884. The van der Waals surface area contributed by atoms with Crippen molar-refractivity contribution in [2.75, 3.05) is 13.2 Å². The highest BCUT2D eigenvalue weighted by Gasteiger charge is 1.75. The second kappa shape index (κ2) is 36.0. The average Bonchev–Trinajstić information content (AvgIpc) is 2.89. The predicted octanol–water partition coefficient (Wildman–Crippen LogP) is 6.70. The first-order valence-corrected chi connectivity index (χ1v) is 12.6. The van der Waals surface area contributed by atoms with Crippen LogP contribution in [0.15, 0.2) is 60.8 Å². The SMILES string of the molecule is CC/C=C\C/C=C\C/C=C\C/C=C\C/C=C\CO.CCC#CCC#CCC#CCC#CCC#CCO. The lowest BCUT2D eigenvalue weighted by Gasteiger charge is -1.85. The second-order valence-electron chi connectivity index (χ2n) is 6.88. The summed E-state index contributed by atoms with van der Waals surface area (Å²) in [5, 5.41) is 16.9. The maximum atomic E-state index is 8.52.